The highest BCUT2D eigenvalue weighted by Gasteiger charge is 2.52. The molecule has 53 heavy (non-hydrogen) atoms. The second-order valence-corrected chi connectivity index (χ2v) is 13.7. The summed E-state index contributed by atoms with van der Waals surface area (Å²) < 4.78 is 2.36. The number of hydrogen-bond acceptors (Lipinski definition) is 1. The van der Waals surface area contributed by atoms with Gasteiger partial charge in [-0.05, 0) is 107 Å². The van der Waals surface area contributed by atoms with E-state index in [1.54, 1.807) is 0 Å². The van der Waals surface area contributed by atoms with Gasteiger partial charge in [0, 0.05) is 27.9 Å². The highest BCUT2D eigenvalue weighted by atomic mass is 15.2. The van der Waals surface area contributed by atoms with Crippen molar-refractivity contribution in [3.05, 3.63) is 234 Å². The molecule has 2 aliphatic carbocycles. The number of benzene rings is 6. The quantitative estimate of drug-likeness (QED) is 0.152. The molecule has 2 heteroatoms. The van der Waals surface area contributed by atoms with Gasteiger partial charge in [-0.25, -0.2) is 0 Å². The van der Waals surface area contributed by atoms with E-state index >= 15 is 0 Å². The number of rotatable bonds is 7. The molecular formula is C51H40N2. The van der Waals surface area contributed by atoms with Crippen LogP contribution < -0.4 is 4.90 Å². The normalized spacial score (nSPS) is 15.8. The Labute approximate surface area is 312 Å². The molecule has 1 aromatic heterocycles. The smallest absolute Gasteiger partial charge is 0.0722 e. The Morgan fingerprint density at radius 3 is 1.89 bits per heavy atom. The molecule has 9 rings (SSSR count). The average molecular weight is 681 g/mol. The van der Waals surface area contributed by atoms with Gasteiger partial charge in [0.15, 0.2) is 0 Å². The van der Waals surface area contributed by atoms with Crippen molar-refractivity contribution >= 4 is 33.1 Å². The van der Waals surface area contributed by atoms with Crippen molar-refractivity contribution in [2.45, 2.75) is 19.3 Å². The zero-order valence-electron chi connectivity index (χ0n) is 30.1. The molecule has 1 heterocycles. The van der Waals surface area contributed by atoms with Gasteiger partial charge in [0.1, 0.15) is 0 Å². The molecule has 0 atom stereocenters. The molecule has 0 radical (unpaired) electrons. The van der Waals surface area contributed by atoms with Crippen molar-refractivity contribution in [2.24, 2.45) is 0 Å². The fourth-order valence-electron chi connectivity index (χ4n) is 9.04. The van der Waals surface area contributed by atoms with E-state index in [4.69, 9.17) is 6.58 Å². The molecule has 0 N–H and O–H groups in total. The van der Waals surface area contributed by atoms with E-state index in [1.165, 1.54) is 49.9 Å². The Hall–Kier alpha value is -6.64. The van der Waals surface area contributed by atoms with Gasteiger partial charge >= 0.3 is 0 Å². The first-order valence-electron chi connectivity index (χ1n) is 18.3. The van der Waals surface area contributed by atoms with E-state index in [9.17, 15) is 0 Å². The van der Waals surface area contributed by atoms with Gasteiger partial charge in [-0.3, -0.25) is 0 Å². The number of allylic oxidation sites excluding steroid dienone is 8. The second kappa shape index (κ2) is 12.8. The zero-order chi connectivity index (χ0) is 36.1. The third kappa shape index (κ3) is 4.65. The maximum atomic E-state index is 4.87. The Kier molecular flexibility index (Phi) is 7.82. The maximum absolute atomic E-state index is 4.87. The van der Waals surface area contributed by atoms with Crippen LogP contribution in [0.25, 0.3) is 44.2 Å². The summed E-state index contributed by atoms with van der Waals surface area (Å²) in [6.07, 6.45) is 12.8. The molecule has 0 bridgehead atoms. The van der Waals surface area contributed by atoms with Crippen LogP contribution in [0.2, 0.25) is 0 Å². The van der Waals surface area contributed by atoms with Crippen molar-refractivity contribution in [2.75, 3.05) is 4.90 Å². The molecule has 0 amide bonds. The lowest BCUT2D eigenvalue weighted by Crippen LogP contribution is -2.26. The number of anilines is 1. The molecule has 254 valence electrons. The number of hydrogen-bond donors (Lipinski definition) is 0. The topological polar surface area (TPSA) is 8.17 Å². The van der Waals surface area contributed by atoms with Crippen molar-refractivity contribution in [1.29, 1.82) is 0 Å². The molecule has 0 aliphatic heterocycles. The van der Waals surface area contributed by atoms with Crippen LogP contribution in [0.5, 0.6) is 0 Å². The lowest BCUT2D eigenvalue weighted by Gasteiger charge is -2.31. The molecule has 7 aromatic rings. The van der Waals surface area contributed by atoms with Gasteiger partial charge in [-0.2, -0.15) is 0 Å². The first-order chi connectivity index (χ1) is 26.1. The van der Waals surface area contributed by atoms with E-state index < -0.39 is 5.41 Å². The van der Waals surface area contributed by atoms with Crippen molar-refractivity contribution in [3.63, 3.8) is 0 Å². The molecule has 0 saturated carbocycles. The highest BCUT2D eigenvalue weighted by molar-refractivity contribution is 6.16. The third-order valence-corrected chi connectivity index (χ3v) is 11.0. The van der Waals surface area contributed by atoms with Crippen LogP contribution in [-0.2, 0) is 5.41 Å². The van der Waals surface area contributed by atoms with Crippen LogP contribution in [0.4, 0.5) is 5.69 Å². The van der Waals surface area contributed by atoms with E-state index in [0.717, 1.165) is 39.2 Å². The van der Waals surface area contributed by atoms with E-state index in [0.29, 0.717) is 0 Å². The summed E-state index contributed by atoms with van der Waals surface area (Å²) in [5.41, 5.74) is 16.0. The monoisotopic (exact) mass is 680 g/mol. The fourth-order valence-corrected chi connectivity index (χ4v) is 9.04. The lowest BCUT2D eigenvalue weighted by atomic mass is 9.70. The van der Waals surface area contributed by atoms with Gasteiger partial charge in [-0.1, -0.05) is 147 Å². The maximum Gasteiger partial charge on any atom is 0.0722 e. The Morgan fingerprint density at radius 1 is 0.642 bits per heavy atom. The summed E-state index contributed by atoms with van der Waals surface area (Å²) in [7, 11) is 0. The molecule has 6 aromatic carbocycles. The van der Waals surface area contributed by atoms with E-state index in [1.807, 2.05) is 13.0 Å². The first kappa shape index (κ1) is 32.3. The Balaban J connectivity index is 1.30. The summed E-state index contributed by atoms with van der Waals surface area (Å²) in [6.45, 7) is 13.4. The minimum Gasteiger partial charge on any atom is -0.310 e. The van der Waals surface area contributed by atoms with Gasteiger partial charge < -0.3 is 9.47 Å². The third-order valence-electron chi connectivity index (χ3n) is 11.0. The lowest BCUT2D eigenvalue weighted by molar-refractivity contribution is 0.792. The minimum atomic E-state index is -0.430. The summed E-state index contributed by atoms with van der Waals surface area (Å²) >= 11 is 0. The van der Waals surface area contributed by atoms with Crippen molar-refractivity contribution in [3.8, 4) is 16.8 Å². The standard InChI is InChI=1S/C51H40N2/c1-5-8-21-36(6-2)52(48-32-20-33-49-50(48)41-27-15-19-31-47(41)53(49)37-22-10-9-11-23-37)35(4)34-42-40-26-14-18-30-46(40)51(43(42)7-3)44-28-16-12-24-38(44)39-25-13-17-29-45(39)51/h5-34H,2,4H2,1,3H3/b8-5-,36-21+,42-34?,43-7+. The van der Waals surface area contributed by atoms with Crippen LogP contribution in [0.15, 0.2) is 212 Å². The minimum absolute atomic E-state index is 0.430. The molecule has 0 fully saturated rings. The Morgan fingerprint density at radius 2 is 1.23 bits per heavy atom. The molecule has 2 aliphatic rings. The number of fused-ring (bicyclic) bond motifs is 10. The first-order valence-corrected chi connectivity index (χ1v) is 18.3. The van der Waals surface area contributed by atoms with Gasteiger partial charge in [-0.15, -0.1) is 0 Å². The number of aromatic nitrogens is 1. The fraction of sp³-hybridized carbons (Fsp3) is 0.0588. The van der Waals surface area contributed by atoms with E-state index in [-0.39, 0.29) is 0 Å². The van der Waals surface area contributed by atoms with Crippen molar-refractivity contribution < 1.29 is 0 Å². The second-order valence-electron chi connectivity index (χ2n) is 13.7. The summed E-state index contributed by atoms with van der Waals surface area (Å²) in [4.78, 5) is 2.28. The molecule has 0 saturated heterocycles. The molecule has 1 spiro atoms. The summed E-state index contributed by atoms with van der Waals surface area (Å²) in [5.74, 6) is 0. The SMILES string of the molecule is C=C/C(=C\C=C/C)N(C(=C)C=C1/C(=C\C)C2(c3ccccc31)c1ccccc1-c1ccccc12)c1cccc2c1c1ccccc1n2-c1ccccc1. The van der Waals surface area contributed by atoms with Crippen LogP contribution in [-0.4, -0.2) is 4.57 Å². The predicted octanol–water partition coefficient (Wildman–Crippen LogP) is 13.1. The average Bonchev–Trinajstić information content (AvgIpc) is 3.81. The van der Waals surface area contributed by atoms with Crippen LogP contribution >= 0.6 is 0 Å². The van der Waals surface area contributed by atoms with Crippen LogP contribution in [0.3, 0.4) is 0 Å². The van der Waals surface area contributed by atoms with Gasteiger partial charge in [0.2, 0.25) is 0 Å². The van der Waals surface area contributed by atoms with Crippen LogP contribution in [0, 0.1) is 0 Å². The number of para-hydroxylation sites is 2. The molecule has 0 unspecified atom stereocenters. The zero-order valence-corrected chi connectivity index (χ0v) is 30.1. The Bertz CT molecular complexity index is 2680. The number of nitrogens with zero attached hydrogens (tertiary/aromatic N) is 2. The molecular weight excluding hydrogens is 641 g/mol. The largest absolute Gasteiger partial charge is 0.310 e. The summed E-state index contributed by atoms with van der Waals surface area (Å²) in [5, 5.41) is 2.34. The van der Waals surface area contributed by atoms with Gasteiger partial charge in [0.05, 0.1) is 22.1 Å². The predicted molar refractivity (Wildman–Crippen MR) is 225 cm³/mol. The summed E-state index contributed by atoms with van der Waals surface area (Å²) in [6, 6.07) is 52.7. The highest BCUT2D eigenvalue weighted by Crippen LogP contribution is 2.63. The van der Waals surface area contributed by atoms with Crippen molar-refractivity contribution in [1.82, 2.24) is 4.57 Å². The van der Waals surface area contributed by atoms with Crippen LogP contribution in [0.1, 0.15) is 36.1 Å². The van der Waals surface area contributed by atoms with E-state index in [2.05, 4.69) is 199 Å². The molecule has 2 nitrogen and oxygen atoms in total. The van der Waals surface area contributed by atoms with Gasteiger partial charge in [0.25, 0.3) is 0 Å².